The van der Waals surface area contributed by atoms with Crippen LogP contribution in [0.3, 0.4) is 0 Å². The van der Waals surface area contributed by atoms with Crippen molar-refractivity contribution in [1.82, 2.24) is 4.98 Å². The number of carbonyl (C=O) groups is 1. The summed E-state index contributed by atoms with van der Waals surface area (Å²) in [5.41, 5.74) is 1.44. The van der Waals surface area contributed by atoms with Gasteiger partial charge in [0.25, 0.3) is 0 Å². The van der Waals surface area contributed by atoms with Gasteiger partial charge in [0.15, 0.2) is 11.5 Å². The van der Waals surface area contributed by atoms with Crippen molar-refractivity contribution >= 4 is 33.2 Å². The van der Waals surface area contributed by atoms with E-state index in [-0.39, 0.29) is 5.91 Å². The summed E-state index contributed by atoms with van der Waals surface area (Å²) in [7, 11) is 0. The van der Waals surface area contributed by atoms with E-state index in [1.165, 1.54) is 0 Å². The van der Waals surface area contributed by atoms with Crippen molar-refractivity contribution in [3.8, 4) is 11.5 Å². The number of pyridine rings is 1. The van der Waals surface area contributed by atoms with E-state index >= 15 is 0 Å². The maximum absolute atomic E-state index is 12.2. The predicted molar refractivity (Wildman–Crippen MR) is 91.1 cm³/mol. The minimum Gasteiger partial charge on any atom is -0.486 e. The number of anilines is 2. The molecule has 1 atom stereocenters. The first kappa shape index (κ1) is 15.6. The van der Waals surface area contributed by atoms with Crippen LogP contribution in [-0.2, 0) is 4.79 Å². The molecule has 1 amide bonds. The normalized spacial score (nSPS) is 14.0. The Morgan fingerprint density at radius 2 is 1.91 bits per heavy atom. The van der Waals surface area contributed by atoms with Gasteiger partial charge >= 0.3 is 0 Å². The van der Waals surface area contributed by atoms with Crippen LogP contribution < -0.4 is 20.1 Å². The molecule has 6 nitrogen and oxygen atoms in total. The van der Waals surface area contributed by atoms with E-state index in [0.717, 1.165) is 16.0 Å². The molecule has 1 aliphatic rings. The van der Waals surface area contributed by atoms with Crippen LogP contribution in [0.25, 0.3) is 0 Å². The average Bonchev–Trinajstić information content (AvgIpc) is 2.56. The summed E-state index contributed by atoms with van der Waals surface area (Å²) in [6, 6.07) is 8.67. The molecule has 1 aromatic carbocycles. The molecule has 2 aromatic rings. The number of benzene rings is 1. The van der Waals surface area contributed by atoms with Gasteiger partial charge in [-0.15, -0.1) is 0 Å². The Balaban J connectivity index is 1.62. The third-order valence-electron chi connectivity index (χ3n) is 3.31. The number of ether oxygens (including phenoxy) is 2. The Morgan fingerprint density at radius 1 is 1.17 bits per heavy atom. The Hall–Kier alpha value is -2.28. The quantitative estimate of drug-likeness (QED) is 0.801. The van der Waals surface area contributed by atoms with Gasteiger partial charge in [0.2, 0.25) is 5.91 Å². The highest BCUT2D eigenvalue weighted by Gasteiger charge is 2.16. The minimum absolute atomic E-state index is 0.149. The first-order chi connectivity index (χ1) is 11.1. The van der Waals surface area contributed by atoms with E-state index in [0.29, 0.717) is 24.7 Å². The second kappa shape index (κ2) is 6.87. The maximum atomic E-state index is 12.2. The smallest absolute Gasteiger partial charge is 0.246 e. The predicted octanol–water partition coefficient (Wildman–Crippen LogP) is 3.05. The molecule has 1 aliphatic heterocycles. The number of amides is 1. The van der Waals surface area contributed by atoms with Gasteiger partial charge in [-0.2, -0.15) is 0 Å². The standard InChI is InChI=1S/C16H16BrN3O3/c1-10(16(21)20-12-3-5-15(17)18-9-12)19-11-2-4-13-14(8-11)23-7-6-22-13/h2-5,8-10,19H,6-7H2,1H3,(H,20,21). The number of carbonyl (C=O) groups excluding carboxylic acids is 1. The number of nitrogens with one attached hydrogen (secondary N) is 2. The van der Waals surface area contributed by atoms with Crippen LogP contribution in [0, 0.1) is 0 Å². The molecule has 0 spiro atoms. The van der Waals surface area contributed by atoms with Crippen molar-refractivity contribution in [2.45, 2.75) is 13.0 Å². The van der Waals surface area contributed by atoms with Crippen molar-refractivity contribution in [2.24, 2.45) is 0 Å². The fourth-order valence-corrected chi connectivity index (χ4v) is 2.38. The third-order valence-corrected chi connectivity index (χ3v) is 3.78. The van der Waals surface area contributed by atoms with Gasteiger partial charge in [0.05, 0.1) is 11.9 Å². The highest BCUT2D eigenvalue weighted by Crippen LogP contribution is 2.32. The number of aromatic nitrogens is 1. The summed E-state index contributed by atoms with van der Waals surface area (Å²) in [5.74, 6) is 1.26. The lowest BCUT2D eigenvalue weighted by atomic mass is 10.2. The lowest BCUT2D eigenvalue weighted by Crippen LogP contribution is -2.31. The molecule has 7 heteroatoms. The number of halogens is 1. The highest BCUT2D eigenvalue weighted by atomic mass is 79.9. The van der Waals surface area contributed by atoms with E-state index in [1.807, 2.05) is 18.2 Å². The van der Waals surface area contributed by atoms with Crippen molar-refractivity contribution in [3.63, 3.8) is 0 Å². The lowest BCUT2D eigenvalue weighted by Gasteiger charge is -2.20. The fraction of sp³-hybridized carbons (Fsp3) is 0.250. The first-order valence-corrected chi connectivity index (χ1v) is 8.00. The van der Waals surface area contributed by atoms with Crippen LogP contribution in [0.1, 0.15) is 6.92 Å². The molecule has 0 saturated heterocycles. The zero-order valence-electron chi connectivity index (χ0n) is 12.5. The molecular weight excluding hydrogens is 362 g/mol. The van der Waals surface area contributed by atoms with Gasteiger partial charge in [-0.05, 0) is 47.1 Å². The van der Waals surface area contributed by atoms with Crippen molar-refractivity contribution < 1.29 is 14.3 Å². The van der Waals surface area contributed by atoms with Crippen LogP contribution >= 0.6 is 15.9 Å². The van der Waals surface area contributed by atoms with Crippen LogP contribution in [0.15, 0.2) is 41.1 Å². The summed E-state index contributed by atoms with van der Waals surface area (Å²) in [5, 5.41) is 5.96. The van der Waals surface area contributed by atoms with Gasteiger partial charge < -0.3 is 20.1 Å². The summed E-state index contributed by atoms with van der Waals surface area (Å²) in [6.45, 7) is 2.88. The molecule has 0 fully saturated rings. The molecule has 2 N–H and O–H groups in total. The van der Waals surface area contributed by atoms with Gasteiger partial charge in [0.1, 0.15) is 23.9 Å². The molecule has 23 heavy (non-hydrogen) atoms. The SMILES string of the molecule is CC(Nc1ccc2c(c1)OCCO2)C(=O)Nc1ccc(Br)nc1. The molecule has 0 aliphatic carbocycles. The van der Waals surface area contributed by atoms with E-state index in [2.05, 4.69) is 31.5 Å². The Kier molecular flexibility index (Phi) is 4.66. The van der Waals surface area contributed by atoms with E-state index in [9.17, 15) is 4.79 Å². The Labute approximate surface area is 142 Å². The molecule has 0 bridgehead atoms. The van der Waals surface area contributed by atoms with Crippen LogP contribution in [0.2, 0.25) is 0 Å². The summed E-state index contributed by atoms with van der Waals surface area (Å²) < 4.78 is 11.7. The second-order valence-corrected chi connectivity index (χ2v) is 5.90. The van der Waals surface area contributed by atoms with Crippen LogP contribution in [-0.4, -0.2) is 30.1 Å². The van der Waals surface area contributed by atoms with E-state index in [1.54, 1.807) is 25.3 Å². The Bertz CT molecular complexity index is 706. The molecule has 0 saturated carbocycles. The average molecular weight is 378 g/mol. The van der Waals surface area contributed by atoms with Gasteiger partial charge in [-0.3, -0.25) is 4.79 Å². The monoisotopic (exact) mass is 377 g/mol. The first-order valence-electron chi connectivity index (χ1n) is 7.20. The van der Waals surface area contributed by atoms with E-state index in [4.69, 9.17) is 9.47 Å². The zero-order chi connectivity index (χ0) is 16.2. The summed E-state index contributed by atoms with van der Waals surface area (Å²) >= 11 is 3.26. The largest absolute Gasteiger partial charge is 0.486 e. The third kappa shape index (κ3) is 3.92. The zero-order valence-corrected chi connectivity index (χ0v) is 14.1. The van der Waals surface area contributed by atoms with Gasteiger partial charge in [-0.1, -0.05) is 0 Å². The molecule has 3 rings (SSSR count). The van der Waals surface area contributed by atoms with Gasteiger partial charge in [0, 0.05) is 11.8 Å². The molecule has 1 unspecified atom stereocenters. The molecule has 120 valence electrons. The fourth-order valence-electron chi connectivity index (χ4n) is 2.15. The van der Waals surface area contributed by atoms with Crippen molar-refractivity contribution in [1.29, 1.82) is 0 Å². The summed E-state index contributed by atoms with van der Waals surface area (Å²) in [4.78, 5) is 16.3. The molecule has 0 radical (unpaired) electrons. The molecule has 1 aromatic heterocycles. The van der Waals surface area contributed by atoms with Crippen molar-refractivity contribution in [2.75, 3.05) is 23.8 Å². The molecule has 2 heterocycles. The van der Waals surface area contributed by atoms with Crippen LogP contribution in [0.4, 0.5) is 11.4 Å². The number of nitrogens with zero attached hydrogens (tertiary/aromatic N) is 1. The highest BCUT2D eigenvalue weighted by molar-refractivity contribution is 9.10. The van der Waals surface area contributed by atoms with Gasteiger partial charge in [-0.25, -0.2) is 4.98 Å². The van der Waals surface area contributed by atoms with Crippen LogP contribution in [0.5, 0.6) is 11.5 Å². The number of hydrogen-bond donors (Lipinski definition) is 2. The van der Waals surface area contributed by atoms with Crippen molar-refractivity contribution in [3.05, 3.63) is 41.1 Å². The number of fused-ring (bicyclic) bond motifs is 1. The minimum atomic E-state index is -0.416. The number of rotatable bonds is 4. The Morgan fingerprint density at radius 3 is 2.65 bits per heavy atom. The summed E-state index contributed by atoms with van der Waals surface area (Å²) in [6.07, 6.45) is 1.60. The molecular formula is C16H16BrN3O3. The topological polar surface area (TPSA) is 72.5 Å². The lowest BCUT2D eigenvalue weighted by molar-refractivity contribution is -0.116. The second-order valence-electron chi connectivity index (χ2n) is 5.08. The van der Waals surface area contributed by atoms with E-state index < -0.39 is 6.04 Å². The number of hydrogen-bond acceptors (Lipinski definition) is 5. The maximum Gasteiger partial charge on any atom is 0.246 e.